The molecule has 0 saturated heterocycles. The maximum atomic E-state index is 11.5. The largest absolute Gasteiger partial charge is 0.418 e. The Labute approximate surface area is 120 Å². The number of hydrogen-bond donors (Lipinski definition) is 0. The van der Waals surface area contributed by atoms with Gasteiger partial charge in [-0.05, 0) is 31.2 Å². The minimum absolute atomic E-state index is 0.544. The molecule has 2 aromatic rings. The first-order valence-corrected chi connectivity index (χ1v) is 7.47. The summed E-state index contributed by atoms with van der Waals surface area (Å²) in [5, 5.41) is 0. The number of methoxy groups -OCH3 is 1. The number of benzene rings is 2. The van der Waals surface area contributed by atoms with Gasteiger partial charge >= 0.3 is 8.25 Å². The molecule has 0 amide bonds. The van der Waals surface area contributed by atoms with Crippen molar-refractivity contribution in [2.45, 2.75) is 6.92 Å². The molecule has 0 unspecified atom stereocenters. The van der Waals surface area contributed by atoms with E-state index < -0.39 is 8.25 Å². The molecule has 0 atom stereocenters. The van der Waals surface area contributed by atoms with Gasteiger partial charge in [0.05, 0.1) is 0 Å². The lowest BCUT2D eigenvalue weighted by Gasteiger charge is -2.07. The minimum atomic E-state index is -2.54. The van der Waals surface area contributed by atoms with Crippen LogP contribution in [0.15, 0.2) is 60.7 Å². The van der Waals surface area contributed by atoms with Crippen LogP contribution in [0.1, 0.15) is 6.92 Å². The molecule has 0 spiro atoms. The van der Waals surface area contributed by atoms with E-state index in [9.17, 15) is 4.57 Å². The Bertz CT molecular complexity index is 442. The first-order chi connectivity index (χ1) is 9.76. The van der Waals surface area contributed by atoms with Gasteiger partial charge < -0.3 is 13.8 Å². The molecule has 0 radical (unpaired) electrons. The first kappa shape index (κ1) is 16.3. The third kappa shape index (κ3) is 6.98. The second-order valence-electron chi connectivity index (χ2n) is 3.66. The summed E-state index contributed by atoms with van der Waals surface area (Å²) < 4.78 is 26.3. The molecule has 0 aliphatic rings. The first-order valence-electron chi connectivity index (χ1n) is 6.25. The fourth-order valence-electron chi connectivity index (χ4n) is 1.19. The molecule has 0 fully saturated rings. The summed E-state index contributed by atoms with van der Waals surface area (Å²) in [6.07, 6.45) is 0. The quantitative estimate of drug-likeness (QED) is 0.776. The summed E-state index contributed by atoms with van der Waals surface area (Å²) in [5.74, 6) is 1.09. The molecule has 0 bridgehead atoms. The molecule has 108 valence electrons. The van der Waals surface area contributed by atoms with Crippen LogP contribution in [-0.4, -0.2) is 13.7 Å². The maximum absolute atomic E-state index is 11.5. The van der Waals surface area contributed by atoms with Crippen LogP contribution < -0.4 is 9.05 Å². The molecule has 0 saturated carbocycles. The predicted octanol–water partition coefficient (Wildman–Crippen LogP) is 4.19. The van der Waals surface area contributed by atoms with Crippen molar-refractivity contribution in [2.24, 2.45) is 0 Å². The summed E-state index contributed by atoms with van der Waals surface area (Å²) in [6, 6.07) is 17.9. The van der Waals surface area contributed by atoms with Crippen molar-refractivity contribution in [1.82, 2.24) is 0 Å². The van der Waals surface area contributed by atoms with Gasteiger partial charge in [0.25, 0.3) is 0 Å². The van der Waals surface area contributed by atoms with E-state index in [2.05, 4.69) is 4.74 Å². The van der Waals surface area contributed by atoms with Crippen LogP contribution in [0.2, 0.25) is 0 Å². The molecular formula is C15H19O4P. The van der Waals surface area contributed by atoms with Gasteiger partial charge in [0.1, 0.15) is 11.5 Å². The van der Waals surface area contributed by atoms with Crippen LogP contribution in [0, 0.1) is 0 Å². The number of hydrogen-bond acceptors (Lipinski definition) is 4. The van der Waals surface area contributed by atoms with E-state index in [-0.39, 0.29) is 0 Å². The predicted molar refractivity (Wildman–Crippen MR) is 80.7 cm³/mol. The Morgan fingerprint density at radius 2 is 1.20 bits per heavy atom. The van der Waals surface area contributed by atoms with Crippen molar-refractivity contribution in [3.05, 3.63) is 60.7 Å². The Morgan fingerprint density at radius 3 is 1.50 bits per heavy atom. The fraction of sp³-hybridized carbons (Fsp3) is 0.200. The maximum Gasteiger partial charge on any atom is 0.418 e. The second kappa shape index (κ2) is 10.1. The zero-order valence-electron chi connectivity index (χ0n) is 11.6. The van der Waals surface area contributed by atoms with Gasteiger partial charge in [0, 0.05) is 13.7 Å². The summed E-state index contributed by atoms with van der Waals surface area (Å²) in [5.41, 5.74) is 0. The highest BCUT2D eigenvalue weighted by atomic mass is 31.1. The van der Waals surface area contributed by atoms with E-state index in [1.54, 1.807) is 31.4 Å². The van der Waals surface area contributed by atoms with E-state index in [0.29, 0.717) is 11.5 Å². The number of ether oxygens (including phenoxy) is 1. The summed E-state index contributed by atoms with van der Waals surface area (Å²) in [6.45, 7) is 2.78. The molecule has 0 heterocycles. The number of para-hydroxylation sites is 2. The third-order valence-corrected chi connectivity index (χ3v) is 2.98. The molecule has 2 rings (SSSR count). The monoisotopic (exact) mass is 294 g/mol. The molecule has 20 heavy (non-hydrogen) atoms. The van der Waals surface area contributed by atoms with Gasteiger partial charge in [-0.2, -0.15) is 0 Å². The standard InChI is InChI=1S/C12H11O3P.C3H8O/c13-16(14-11-7-3-1-4-8-11)15-12-9-5-2-6-10-12;1-3-4-2/h1-10,16H;3H2,1-2H3. The summed E-state index contributed by atoms with van der Waals surface area (Å²) in [7, 11) is -0.864. The normalized spacial score (nSPS) is 9.55. The van der Waals surface area contributed by atoms with E-state index >= 15 is 0 Å². The molecule has 0 aliphatic carbocycles. The van der Waals surface area contributed by atoms with Gasteiger partial charge in [-0.3, -0.25) is 0 Å². The summed E-state index contributed by atoms with van der Waals surface area (Å²) >= 11 is 0. The lowest BCUT2D eigenvalue weighted by molar-refractivity contribution is 0.215. The Morgan fingerprint density at radius 1 is 0.850 bits per heavy atom. The fourth-order valence-corrected chi connectivity index (χ4v) is 1.89. The molecule has 0 aliphatic heterocycles. The lowest BCUT2D eigenvalue weighted by atomic mass is 10.3. The Balaban J connectivity index is 0.000000444. The molecule has 5 heteroatoms. The van der Waals surface area contributed by atoms with E-state index in [1.807, 2.05) is 43.3 Å². The molecular weight excluding hydrogens is 275 g/mol. The number of rotatable bonds is 5. The molecule has 4 nitrogen and oxygen atoms in total. The van der Waals surface area contributed by atoms with Crippen LogP contribution in [-0.2, 0) is 9.30 Å². The smallest absolute Gasteiger partial charge is 0.418 e. The van der Waals surface area contributed by atoms with Crippen LogP contribution in [0.25, 0.3) is 0 Å². The van der Waals surface area contributed by atoms with Crippen molar-refractivity contribution in [3.63, 3.8) is 0 Å². The molecule has 0 N–H and O–H groups in total. The topological polar surface area (TPSA) is 44.8 Å². The van der Waals surface area contributed by atoms with Crippen LogP contribution in [0.4, 0.5) is 0 Å². The van der Waals surface area contributed by atoms with Gasteiger partial charge in [-0.25, -0.2) is 4.57 Å². The van der Waals surface area contributed by atoms with Crippen molar-refractivity contribution >= 4 is 8.25 Å². The van der Waals surface area contributed by atoms with Gasteiger partial charge in [0.15, 0.2) is 0 Å². The van der Waals surface area contributed by atoms with Crippen LogP contribution >= 0.6 is 8.25 Å². The average Bonchev–Trinajstić information content (AvgIpc) is 2.49. The second-order valence-corrected chi connectivity index (χ2v) is 4.57. The van der Waals surface area contributed by atoms with Gasteiger partial charge in [-0.1, -0.05) is 36.4 Å². The average molecular weight is 294 g/mol. The van der Waals surface area contributed by atoms with Crippen molar-refractivity contribution < 1.29 is 18.3 Å². The molecule has 0 aromatic heterocycles. The zero-order chi connectivity index (χ0) is 14.6. The highest BCUT2D eigenvalue weighted by molar-refractivity contribution is 7.34. The van der Waals surface area contributed by atoms with E-state index in [4.69, 9.17) is 9.05 Å². The minimum Gasteiger partial charge on any atom is -0.418 e. The molecule has 2 aromatic carbocycles. The van der Waals surface area contributed by atoms with Gasteiger partial charge in [0.2, 0.25) is 0 Å². The highest BCUT2D eigenvalue weighted by Gasteiger charge is 2.02. The Kier molecular flexibility index (Phi) is 8.20. The third-order valence-electron chi connectivity index (χ3n) is 2.18. The van der Waals surface area contributed by atoms with Crippen molar-refractivity contribution in [2.75, 3.05) is 13.7 Å². The lowest BCUT2D eigenvalue weighted by Crippen LogP contribution is -1.87. The van der Waals surface area contributed by atoms with E-state index in [1.165, 1.54) is 0 Å². The SMILES string of the molecule is CCOC.O=[PH](Oc1ccccc1)Oc1ccccc1. The summed E-state index contributed by atoms with van der Waals surface area (Å²) in [4.78, 5) is 0. The van der Waals surface area contributed by atoms with Crippen molar-refractivity contribution in [3.8, 4) is 11.5 Å². The van der Waals surface area contributed by atoms with E-state index in [0.717, 1.165) is 6.61 Å². The Hall–Kier alpha value is -1.77. The van der Waals surface area contributed by atoms with Crippen LogP contribution in [0.5, 0.6) is 11.5 Å². The highest BCUT2D eigenvalue weighted by Crippen LogP contribution is 2.29. The van der Waals surface area contributed by atoms with Gasteiger partial charge in [-0.15, -0.1) is 0 Å². The van der Waals surface area contributed by atoms with Crippen molar-refractivity contribution in [1.29, 1.82) is 0 Å². The zero-order valence-corrected chi connectivity index (χ0v) is 12.6. The van der Waals surface area contributed by atoms with Crippen LogP contribution in [0.3, 0.4) is 0 Å².